The Kier molecular flexibility index (Phi) is 4.34. The highest BCUT2D eigenvalue weighted by atomic mass is 32.2. The average Bonchev–Trinajstić information content (AvgIpc) is 2.07. The maximum atomic E-state index is 11.1. The summed E-state index contributed by atoms with van der Waals surface area (Å²) in [6.07, 6.45) is 0. The van der Waals surface area contributed by atoms with Gasteiger partial charge in [-0.15, -0.1) is 0 Å². The molecule has 0 aromatic rings. The minimum absolute atomic E-state index is 0.328. The predicted molar refractivity (Wildman–Crippen MR) is 58.2 cm³/mol. The molecular formula is C9H20N2O2S. The summed E-state index contributed by atoms with van der Waals surface area (Å²) in [7, 11) is -2.72. The molecule has 0 bridgehead atoms. The van der Waals surface area contributed by atoms with Gasteiger partial charge in [-0.3, -0.25) is 0 Å². The maximum absolute atomic E-state index is 11.1. The summed E-state index contributed by atoms with van der Waals surface area (Å²) in [5.41, 5.74) is 0. The van der Waals surface area contributed by atoms with Crippen molar-refractivity contribution in [1.29, 1.82) is 0 Å². The van der Waals surface area contributed by atoms with Crippen LogP contribution in [-0.4, -0.2) is 57.0 Å². The van der Waals surface area contributed by atoms with E-state index in [0.29, 0.717) is 30.6 Å². The molecule has 0 atom stereocenters. The summed E-state index contributed by atoms with van der Waals surface area (Å²) in [5, 5.41) is 3.32. The quantitative estimate of drug-likeness (QED) is 0.707. The highest BCUT2D eigenvalue weighted by molar-refractivity contribution is 7.91. The highest BCUT2D eigenvalue weighted by Crippen LogP contribution is 2.02. The van der Waals surface area contributed by atoms with E-state index in [1.807, 2.05) is 0 Å². The summed E-state index contributed by atoms with van der Waals surface area (Å²) in [6.45, 7) is 7.51. The van der Waals surface area contributed by atoms with E-state index in [2.05, 4.69) is 24.1 Å². The molecule has 0 radical (unpaired) electrons. The van der Waals surface area contributed by atoms with Crippen molar-refractivity contribution in [2.24, 2.45) is 0 Å². The van der Waals surface area contributed by atoms with E-state index in [1.54, 1.807) is 0 Å². The van der Waals surface area contributed by atoms with Gasteiger partial charge < -0.3 is 10.2 Å². The first-order chi connectivity index (χ1) is 6.49. The number of sulfone groups is 1. The van der Waals surface area contributed by atoms with Crippen LogP contribution in [0.1, 0.15) is 13.8 Å². The smallest absolute Gasteiger partial charge is 0.152 e. The van der Waals surface area contributed by atoms with Crippen molar-refractivity contribution in [1.82, 2.24) is 10.2 Å². The summed E-state index contributed by atoms with van der Waals surface area (Å²) in [5.74, 6) is 0.656. The predicted octanol–water partition coefficient (Wildman–Crippen LogP) is -0.285. The second-order valence-corrected chi connectivity index (χ2v) is 6.41. The minimum Gasteiger partial charge on any atom is -0.313 e. The third-order valence-electron chi connectivity index (χ3n) is 2.42. The lowest BCUT2D eigenvalue weighted by Crippen LogP contribution is -2.43. The van der Waals surface area contributed by atoms with Gasteiger partial charge in [-0.25, -0.2) is 8.42 Å². The van der Waals surface area contributed by atoms with Crippen molar-refractivity contribution < 1.29 is 8.42 Å². The number of nitrogens with one attached hydrogen (secondary N) is 1. The van der Waals surface area contributed by atoms with Gasteiger partial charge in [-0.05, 0) is 0 Å². The molecule has 1 N–H and O–H groups in total. The Hall–Kier alpha value is -0.130. The first-order valence-electron chi connectivity index (χ1n) is 5.16. The number of nitrogens with zero attached hydrogens (tertiary/aromatic N) is 1. The van der Waals surface area contributed by atoms with Crippen LogP contribution in [0.3, 0.4) is 0 Å². The zero-order chi connectivity index (χ0) is 10.6. The minimum atomic E-state index is -2.72. The third kappa shape index (κ3) is 4.39. The van der Waals surface area contributed by atoms with Gasteiger partial charge in [0, 0.05) is 32.2 Å². The second-order valence-electron chi connectivity index (χ2n) is 4.10. The Morgan fingerprint density at radius 3 is 2.36 bits per heavy atom. The zero-order valence-corrected chi connectivity index (χ0v) is 9.81. The van der Waals surface area contributed by atoms with Gasteiger partial charge in [0.2, 0.25) is 0 Å². The molecular weight excluding hydrogens is 200 g/mol. The summed E-state index contributed by atoms with van der Waals surface area (Å²) in [6, 6.07) is 0.503. The molecule has 0 aliphatic carbocycles. The zero-order valence-electron chi connectivity index (χ0n) is 8.99. The van der Waals surface area contributed by atoms with E-state index in [0.717, 1.165) is 13.1 Å². The van der Waals surface area contributed by atoms with Crippen LogP contribution >= 0.6 is 0 Å². The molecule has 14 heavy (non-hydrogen) atoms. The number of hydrogen-bond donors (Lipinski definition) is 1. The Bertz CT molecular complexity index is 248. The van der Waals surface area contributed by atoms with E-state index in [4.69, 9.17) is 0 Å². The average molecular weight is 220 g/mol. The molecule has 0 amide bonds. The molecule has 0 aromatic heterocycles. The molecule has 1 aliphatic rings. The molecule has 1 fully saturated rings. The Morgan fingerprint density at radius 1 is 1.29 bits per heavy atom. The topological polar surface area (TPSA) is 49.4 Å². The Labute approximate surface area is 86.6 Å². The van der Waals surface area contributed by atoms with Gasteiger partial charge in [0.1, 0.15) is 0 Å². The van der Waals surface area contributed by atoms with Crippen LogP contribution in [0.5, 0.6) is 0 Å². The van der Waals surface area contributed by atoms with Crippen molar-refractivity contribution in [3.8, 4) is 0 Å². The van der Waals surface area contributed by atoms with E-state index >= 15 is 0 Å². The standard InChI is InChI=1S/C9H20N2O2S/c1-9(2)10-3-4-11-5-7-14(12,13)8-6-11/h9-10H,3-8H2,1-2H3. The lowest BCUT2D eigenvalue weighted by atomic mass is 10.4. The molecule has 5 heteroatoms. The van der Waals surface area contributed by atoms with Gasteiger partial charge in [0.15, 0.2) is 9.84 Å². The monoisotopic (exact) mass is 220 g/mol. The van der Waals surface area contributed by atoms with Gasteiger partial charge in [0.25, 0.3) is 0 Å². The Balaban J connectivity index is 2.16. The third-order valence-corrected chi connectivity index (χ3v) is 4.03. The lowest BCUT2D eigenvalue weighted by molar-refractivity contribution is 0.291. The van der Waals surface area contributed by atoms with Crippen molar-refractivity contribution in [2.45, 2.75) is 19.9 Å². The van der Waals surface area contributed by atoms with Crippen LogP contribution in [0.4, 0.5) is 0 Å². The van der Waals surface area contributed by atoms with Gasteiger partial charge in [0.05, 0.1) is 11.5 Å². The fourth-order valence-electron chi connectivity index (χ4n) is 1.49. The van der Waals surface area contributed by atoms with Gasteiger partial charge in [-0.2, -0.15) is 0 Å². The van der Waals surface area contributed by atoms with Crippen LogP contribution in [0.25, 0.3) is 0 Å². The van der Waals surface area contributed by atoms with E-state index in [-0.39, 0.29) is 0 Å². The summed E-state index contributed by atoms with van der Waals surface area (Å²) in [4.78, 5) is 2.20. The van der Waals surface area contributed by atoms with Crippen LogP contribution in [0, 0.1) is 0 Å². The Morgan fingerprint density at radius 2 is 1.86 bits per heavy atom. The fourth-order valence-corrected chi connectivity index (χ4v) is 2.76. The molecule has 1 saturated heterocycles. The SMILES string of the molecule is CC(C)NCCN1CCS(=O)(=O)CC1. The second kappa shape index (κ2) is 5.09. The van der Waals surface area contributed by atoms with Crippen molar-refractivity contribution in [3.05, 3.63) is 0 Å². The van der Waals surface area contributed by atoms with Gasteiger partial charge in [-0.1, -0.05) is 13.8 Å². The molecule has 1 heterocycles. The first-order valence-corrected chi connectivity index (χ1v) is 6.98. The lowest BCUT2D eigenvalue weighted by Gasteiger charge is -2.26. The van der Waals surface area contributed by atoms with Crippen molar-refractivity contribution in [2.75, 3.05) is 37.7 Å². The highest BCUT2D eigenvalue weighted by Gasteiger charge is 2.20. The van der Waals surface area contributed by atoms with Crippen LogP contribution < -0.4 is 5.32 Å². The molecule has 84 valence electrons. The first kappa shape index (κ1) is 11.9. The van der Waals surface area contributed by atoms with Crippen LogP contribution in [0.15, 0.2) is 0 Å². The molecule has 0 spiro atoms. The van der Waals surface area contributed by atoms with Crippen LogP contribution in [-0.2, 0) is 9.84 Å². The molecule has 0 aromatic carbocycles. The molecule has 1 rings (SSSR count). The van der Waals surface area contributed by atoms with E-state index in [1.165, 1.54) is 0 Å². The number of rotatable bonds is 4. The molecule has 0 saturated carbocycles. The molecule has 0 unspecified atom stereocenters. The normalized spacial score (nSPS) is 22.8. The summed E-state index contributed by atoms with van der Waals surface area (Å²) < 4.78 is 22.3. The molecule has 1 aliphatic heterocycles. The van der Waals surface area contributed by atoms with Crippen molar-refractivity contribution >= 4 is 9.84 Å². The fraction of sp³-hybridized carbons (Fsp3) is 1.00. The maximum Gasteiger partial charge on any atom is 0.152 e. The van der Waals surface area contributed by atoms with Crippen LogP contribution in [0.2, 0.25) is 0 Å². The van der Waals surface area contributed by atoms with E-state index in [9.17, 15) is 8.42 Å². The van der Waals surface area contributed by atoms with E-state index < -0.39 is 9.84 Å². The number of hydrogen-bond acceptors (Lipinski definition) is 4. The largest absolute Gasteiger partial charge is 0.313 e. The molecule has 4 nitrogen and oxygen atoms in total. The van der Waals surface area contributed by atoms with Gasteiger partial charge >= 0.3 is 0 Å². The summed E-state index contributed by atoms with van der Waals surface area (Å²) >= 11 is 0. The van der Waals surface area contributed by atoms with Crippen molar-refractivity contribution in [3.63, 3.8) is 0 Å².